The van der Waals surface area contributed by atoms with Crippen molar-refractivity contribution in [3.8, 4) is 0 Å². The highest BCUT2D eigenvalue weighted by atomic mass is 32.2. The number of rotatable bonds is 8. The van der Waals surface area contributed by atoms with Crippen molar-refractivity contribution < 1.29 is 8.42 Å². The van der Waals surface area contributed by atoms with E-state index in [-0.39, 0.29) is 0 Å². The summed E-state index contributed by atoms with van der Waals surface area (Å²) in [6.07, 6.45) is 0.777. The second-order valence-electron chi connectivity index (χ2n) is 4.67. The lowest BCUT2D eigenvalue weighted by Gasteiger charge is -2.18. The molecular weight excluding hydrogens is 308 g/mol. The largest absolute Gasteiger partial charge is 0.317 e. The average Bonchev–Trinajstić information content (AvgIpc) is 2.90. The van der Waals surface area contributed by atoms with Gasteiger partial charge in [0.05, 0.1) is 21.4 Å². The molecule has 0 spiro atoms. The normalized spacial score (nSPS) is 12.1. The van der Waals surface area contributed by atoms with Crippen LogP contribution in [0.2, 0.25) is 0 Å². The summed E-state index contributed by atoms with van der Waals surface area (Å²) >= 11 is 1.49. The standard InChI is InChI=1S/C13H20N4O2S2/c1-3-14-7-4-8-17(2)21(18,19)16-11-5-6-12-13(9-11)20-10-15-12/h5-6,9-10,14,16H,3-4,7-8H2,1-2H3. The Labute approximate surface area is 129 Å². The molecule has 1 heterocycles. The smallest absolute Gasteiger partial charge is 0.301 e. The Morgan fingerprint density at radius 1 is 1.38 bits per heavy atom. The number of nitrogens with zero attached hydrogens (tertiary/aromatic N) is 2. The van der Waals surface area contributed by atoms with Gasteiger partial charge in [0.15, 0.2) is 0 Å². The van der Waals surface area contributed by atoms with E-state index in [1.54, 1.807) is 24.7 Å². The van der Waals surface area contributed by atoms with E-state index in [2.05, 4.69) is 15.0 Å². The van der Waals surface area contributed by atoms with Crippen LogP contribution in [0.4, 0.5) is 5.69 Å². The molecule has 0 fully saturated rings. The summed E-state index contributed by atoms with van der Waals surface area (Å²) in [6, 6.07) is 5.35. The van der Waals surface area contributed by atoms with Crippen LogP contribution >= 0.6 is 11.3 Å². The van der Waals surface area contributed by atoms with Gasteiger partial charge in [-0.15, -0.1) is 11.3 Å². The molecule has 0 bridgehead atoms. The summed E-state index contributed by atoms with van der Waals surface area (Å²) in [5, 5.41) is 3.17. The molecule has 21 heavy (non-hydrogen) atoms. The van der Waals surface area contributed by atoms with E-state index >= 15 is 0 Å². The van der Waals surface area contributed by atoms with Gasteiger partial charge in [0.1, 0.15) is 0 Å². The first-order valence-electron chi connectivity index (χ1n) is 6.81. The van der Waals surface area contributed by atoms with Gasteiger partial charge in [-0.3, -0.25) is 4.72 Å². The summed E-state index contributed by atoms with van der Waals surface area (Å²) in [7, 11) is -1.93. The first-order valence-corrected chi connectivity index (χ1v) is 9.13. The predicted octanol–water partition coefficient (Wildman–Crippen LogP) is 1.88. The Morgan fingerprint density at radius 2 is 2.19 bits per heavy atom. The lowest BCUT2D eigenvalue weighted by Crippen LogP contribution is -2.34. The fraction of sp³-hybridized carbons (Fsp3) is 0.462. The second kappa shape index (κ2) is 7.17. The summed E-state index contributed by atoms with van der Waals surface area (Å²) in [4.78, 5) is 4.17. The SMILES string of the molecule is CCNCCCN(C)S(=O)(=O)Nc1ccc2ncsc2c1. The minimum Gasteiger partial charge on any atom is -0.317 e. The molecule has 0 unspecified atom stereocenters. The van der Waals surface area contributed by atoms with E-state index in [1.807, 2.05) is 13.0 Å². The highest BCUT2D eigenvalue weighted by Gasteiger charge is 2.17. The van der Waals surface area contributed by atoms with Crippen LogP contribution in [0.25, 0.3) is 10.2 Å². The predicted molar refractivity (Wildman–Crippen MR) is 88.0 cm³/mol. The van der Waals surface area contributed by atoms with Gasteiger partial charge in [0.2, 0.25) is 0 Å². The van der Waals surface area contributed by atoms with Gasteiger partial charge in [-0.2, -0.15) is 12.7 Å². The summed E-state index contributed by atoms with van der Waals surface area (Å²) in [5.74, 6) is 0. The topological polar surface area (TPSA) is 74.3 Å². The molecule has 1 aromatic heterocycles. The minimum atomic E-state index is -3.51. The Bertz CT molecular complexity index is 684. The van der Waals surface area contributed by atoms with E-state index < -0.39 is 10.2 Å². The third kappa shape index (κ3) is 4.37. The molecule has 116 valence electrons. The maximum Gasteiger partial charge on any atom is 0.301 e. The molecule has 0 atom stereocenters. The molecule has 6 nitrogen and oxygen atoms in total. The van der Waals surface area contributed by atoms with Gasteiger partial charge >= 0.3 is 10.2 Å². The lowest BCUT2D eigenvalue weighted by atomic mass is 10.3. The first kappa shape index (κ1) is 16.2. The zero-order chi connectivity index (χ0) is 15.3. The molecule has 0 amide bonds. The van der Waals surface area contributed by atoms with Crippen LogP contribution in [0, 0.1) is 0 Å². The fourth-order valence-corrected chi connectivity index (χ4v) is 3.54. The molecule has 2 N–H and O–H groups in total. The van der Waals surface area contributed by atoms with Gasteiger partial charge < -0.3 is 5.32 Å². The van der Waals surface area contributed by atoms with Crippen molar-refractivity contribution in [2.45, 2.75) is 13.3 Å². The number of thiazole rings is 1. The van der Waals surface area contributed by atoms with Gasteiger partial charge in [-0.05, 0) is 37.7 Å². The van der Waals surface area contributed by atoms with Gasteiger partial charge in [-0.1, -0.05) is 6.92 Å². The van der Waals surface area contributed by atoms with Gasteiger partial charge in [0, 0.05) is 13.6 Å². The Hall–Kier alpha value is -1.22. The molecule has 1 aromatic carbocycles. The van der Waals surface area contributed by atoms with Gasteiger partial charge in [0.25, 0.3) is 0 Å². The molecule has 0 aliphatic carbocycles. The van der Waals surface area contributed by atoms with Crippen LogP contribution in [0.15, 0.2) is 23.7 Å². The van der Waals surface area contributed by atoms with Crippen LogP contribution in [-0.2, 0) is 10.2 Å². The Balaban J connectivity index is 1.98. The molecule has 0 radical (unpaired) electrons. The van der Waals surface area contributed by atoms with Crippen molar-refractivity contribution in [2.24, 2.45) is 0 Å². The average molecular weight is 328 g/mol. The van der Waals surface area contributed by atoms with Crippen LogP contribution in [-0.4, -0.2) is 44.4 Å². The number of hydrogen-bond acceptors (Lipinski definition) is 5. The highest BCUT2D eigenvalue weighted by Crippen LogP contribution is 2.22. The molecule has 2 rings (SSSR count). The van der Waals surface area contributed by atoms with E-state index in [0.717, 1.165) is 29.7 Å². The summed E-state index contributed by atoms with van der Waals surface area (Å²) < 4.78 is 29.3. The second-order valence-corrected chi connectivity index (χ2v) is 7.33. The number of aromatic nitrogens is 1. The lowest BCUT2D eigenvalue weighted by molar-refractivity contribution is 0.459. The van der Waals surface area contributed by atoms with Crippen molar-refractivity contribution in [2.75, 3.05) is 31.4 Å². The molecular formula is C13H20N4O2S2. The van der Waals surface area contributed by atoms with Crippen LogP contribution in [0.1, 0.15) is 13.3 Å². The van der Waals surface area contributed by atoms with Crippen molar-refractivity contribution in [1.29, 1.82) is 0 Å². The van der Waals surface area contributed by atoms with Gasteiger partial charge in [-0.25, -0.2) is 4.98 Å². The minimum absolute atomic E-state index is 0.477. The van der Waals surface area contributed by atoms with Crippen molar-refractivity contribution in [3.05, 3.63) is 23.7 Å². The molecule has 2 aromatic rings. The number of hydrogen-bond donors (Lipinski definition) is 2. The molecule has 0 aliphatic heterocycles. The van der Waals surface area contributed by atoms with E-state index in [1.165, 1.54) is 15.6 Å². The number of benzene rings is 1. The van der Waals surface area contributed by atoms with Crippen molar-refractivity contribution in [3.63, 3.8) is 0 Å². The van der Waals surface area contributed by atoms with Crippen LogP contribution in [0.3, 0.4) is 0 Å². The molecule has 0 aliphatic rings. The zero-order valence-electron chi connectivity index (χ0n) is 12.2. The first-order chi connectivity index (χ1) is 10.0. The maximum atomic E-state index is 12.2. The Morgan fingerprint density at radius 3 is 2.95 bits per heavy atom. The van der Waals surface area contributed by atoms with E-state index in [9.17, 15) is 8.42 Å². The molecule has 0 saturated heterocycles. The third-order valence-electron chi connectivity index (χ3n) is 3.06. The quantitative estimate of drug-likeness (QED) is 0.726. The van der Waals surface area contributed by atoms with E-state index in [0.29, 0.717) is 12.2 Å². The number of nitrogens with one attached hydrogen (secondary N) is 2. The summed E-state index contributed by atoms with van der Waals surface area (Å²) in [6.45, 7) is 4.20. The highest BCUT2D eigenvalue weighted by molar-refractivity contribution is 7.90. The number of fused-ring (bicyclic) bond motifs is 1. The zero-order valence-corrected chi connectivity index (χ0v) is 13.8. The molecule has 8 heteroatoms. The van der Waals surface area contributed by atoms with Crippen LogP contribution in [0.5, 0.6) is 0 Å². The molecule has 0 saturated carbocycles. The maximum absolute atomic E-state index is 12.2. The number of anilines is 1. The Kier molecular flexibility index (Phi) is 5.51. The van der Waals surface area contributed by atoms with Crippen LogP contribution < -0.4 is 10.0 Å². The van der Waals surface area contributed by atoms with E-state index in [4.69, 9.17) is 0 Å². The summed E-state index contributed by atoms with van der Waals surface area (Å²) in [5.41, 5.74) is 3.18. The fourth-order valence-electron chi connectivity index (χ4n) is 1.87. The van der Waals surface area contributed by atoms with Crippen molar-refractivity contribution >= 4 is 37.5 Å². The monoisotopic (exact) mass is 328 g/mol. The van der Waals surface area contributed by atoms with Crippen molar-refractivity contribution in [1.82, 2.24) is 14.6 Å². The third-order valence-corrected chi connectivity index (χ3v) is 5.35.